The smallest absolute Gasteiger partial charge is 0.0941 e. The van der Waals surface area contributed by atoms with Crippen LogP contribution in [-0.2, 0) is 6.61 Å². The fourth-order valence-electron chi connectivity index (χ4n) is 1.44. The van der Waals surface area contributed by atoms with Crippen LogP contribution in [0.3, 0.4) is 0 Å². The van der Waals surface area contributed by atoms with Crippen LogP contribution in [0.25, 0.3) is 10.1 Å². The molecule has 74 valence electrons. The molecule has 0 aliphatic carbocycles. The monoisotopic (exact) mass is 244 g/mol. The van der Waals surface area contributed by atoms with Crippen molar-refractivity contribution < 1.29 is 5.11 Å². The van der Waals surface area contributed by atoms with Gasteiger partial charge in [0.05, 0.1) is 10.9 Å². The van der Waals surface area contributed by atoms with Crippen molar-refractivity contribution in [3.05, 3.63) is 28.1 Å². The summed E-state index contributed by atoms with van der Waals surface area (Å²) in [5.41, 5.74) is 0.975. The van der Waals surface area contributed by atoms with Gasteiger partial charge in [-0.25, -0.2) is 0 Å². The van der Waals surface area contributed by atoms with Crippen LogP contribution in [0, 0.1) is 0 Å². The molecule has 0 amide bonds. The van der Waals surface area contributed by atoms with Crippen molar-refractivity contribution in [3.63, 3.8) is 0 Å². The summed E-state index contributed by atoms with van der Waals surface area (Å²) in [6.45, 7) is 0.0850. The fourth-order valence-corrected chi connectivity index (χ4v) is 3.71. The first kappa shape index (κ1) is 10.3. The topological polar surface area (TPSA) is 20.2 Å². The van der Waals surface area contributed by atoms with Crippen molar-refractivity contribution in [2.45, 2.75) is 11.5 Å². The quantitative estimate of drug-likeness (QED) is 0.812. The van der Waals surface area contributed by atoms with E-state index in [9.17, 15) is 5.11 Å². The third kappa shape index (κ3) is 1.65. The molecule has 14 heavy (non-hydrogen) atoms. The Kier molecular flexibility index (Phi) is 3.02. The molecule has 2 aromatic rings. The lowest BCUT2D eigenvalue weighted by atomic mass is 10.2. The maximum Gasteiger partial charge on any atom is 0.0941 e. The van der Waals surface area contributed by atoms with E-state index in [4.69, 9.17) is 11.6 Å². The van der Waals surface area contributed by atoms with Gasteiger partial charge < -0.3 is 5.11 Å². The SMILES string of the molecule is CSc1c(CO)ccc2cc(Cl)sc12. The first-order chi connectivity index (χ1) is 6.76. The third-order valence-electron chi connectivity index (χ3n) is 2.07. The van der Waals surface area contributed by atoms with Crippen LogP contribution < -0.4 is 0 Å². The third-order valence-corrected chi connectivity index (χ3v) is 4.37. The number of fused-ring (bicyclic) bond motifs is 1. The van der Waals surface area contributed by atoms with Crippen molar-refractivity contribution in [2.75, 3.05) is 6.26 Å². The van der Waals surface area contributed by atoms with Gasteiger partial charge in [0, 0.05) is 9.60 Å². The molecule has 0 aliphatic heterocycles. The van der Waals surface area contributed by atoms with Gasteiger partial charge in [-0.3, -0.25) is 0 Å². The number of thiophene rings is 1. The predicted octanol–water partition coefficient (Wildman–Crippen LogP) is 3.77. The molecule has 1 aromatic heterocycles. The van der Waals surface area contributed by atoms with Gasteiger partial charge in [0.1, 0.15) is 0 Å². The Labute approximate surface area is 95.7 Å². The van der Waals surface area contributed by atoms with Crippen LogP contribution in [-0.4, -0.2) is 11.4 Å². The molecule has 0 radical (unpaired) electrons. The molecular weight excluding hydrogens is 236 g/mol. The van der Waals surface area contributed by atoms with Gasteiger partial charge in [-0.15, -0.1) is 23.1 Å². The van der Waals surface area contributed by atoms with E-state index in [0.29, 0.717) is 0 Å². The van der Waals surface area contributed by atoms with E-state index < -0.39 is 0 Å². The minimum absolute atomic E-state index is 0.0850. The number of thioether (sulfide) groups is 1. The van der Waals surface area contributed by atoms with E-state index in [1.807, 2.05) is 24.5 Å². The standard InChI is InChI=1S/C10H9ClOS2/c1-13-9-7(5-12)3-2-6-4-8(11)14-10(6)9/h2-4,12H,5H2,1H3. The van der Waals surface area contributed by atoms with E-state index in [1.165, 1.54) is 4.70 Å². The Morgan fingerprint density at radius 2 is 2.29 bits per heavy atom. The number of aliphatic hydroxyl groups is 1. The summed E-state index contributed by atoms with van der Waals surface area (Å²) in [6.07, 6.45) is 2.02. The van der Waals surface area contributed by atoms with Crippen molar-refractivity contribution in [2.24, 2.45) is 0 Å². The van der Waals surface area contributed by atoms with E-state index in [-0.39, 0.29) is 6.61 Å². The minimum Gasteiger partial charge on any atom is -0.392 e. The molecule has 4 heteroatoms. The maximum absolute atomic E-state index is 9.17. The largest absolute Gasteiger partial charge is 0.392 e. The van der Waals surface area contributed by atoms with Gasteiger partial charge in [-0.2, -0.15) is 0 Å². The normalized spacial score (nSPS) is 11.1. The Balaban J connectivity index is 2.75. The second-order valence-corrected chi connectivity index (χ2v) is 5.38. The van der Waals surface area contributed by atoms with E-state index in [1.54, 1.807) is 23.1 Å². The van der Waals surface area contributed by atoms with Crippen LogP contribution >= 0.6 is 34.7 Å². The van der Waals surface area contributed by atoms with E-state index in [0.717, 1.165) is 20.2 Å². The van der Waals surface area contributed by atoms with Crippen molar-refractivity contribution in [1.29, 1.82) is 0 Å². The molecule has 1 nitrogen and oxygen atoms in total. The van der Waals surface area contributed by atoms with E-state index >= 15 is 0 Å². The minimum atomic E-state index is 0.0850. The van der Waals surface area contributed by atoms with Crippen LogP contribution in [0.4, 0.5) is 0 Å². The number of rotatable bonds is 2. The summed E-state index contributed by atoms with van der Waals surface area (Å²) in [5.74, 6) is 0. The molecular formula is C10H9ClOS2. The highest BCUT2D eigenvalue weighted by Crippen LogP contribution is 2.37. The highest BCUT2D eigenvalue weighted by atomic mass is 35.5. The van der Waals surface area contributed by atoms with Crippen molar-refractivity contribution in [1.82, 2.24) is 0 Å². The highest BCUT2D eigenvalue weighted by molar-refractivity contribution is 7.99. The molecule has 1 aromatic carbocycles. The fraction of sp³-hybridized carbons (Fsp3) is 0.200. The number of benzene rings is 1. The predicted molar refractivity (Wildman–Crippen MR) is 64.5 cm³/mol. The summed E-state index contributed by atoms with van der Waals surface area (Å²) in [6, 6.07) is 5.92. The average molecular weight is 245 g/mol. The van der Waals surface area contributed by atoms with Gasteiger partial charge >= 0.3 is 0 Å². The Morgan fingerprint density at radius 1 is 1.50 bits per heavy atom. The van der Waals surface area contributed by atoms with Crippen LogP contribution in [0.1, 0.15) is 5.56 Å². The molecule has 0 bridgehead atoms. The van der Waals surface area contributed by atoms with Gasteiger partial charge in [0.15, 0.2) is 0 Å². The summed E-state index contributed by atoms with van der Waals surface area (Å²) in [5, 5.41) is 10.3. The lowest BCUT2D eigenvalue weighted by Gasteiger charge is -2.04. The zero-order valence-corrected chi connectivity index (χ0v) is 9.97. The Hall–Kier alpha value is -0.220. The Bertz CT molecular complexity index is 464. The number of aliphatic hydroxyl groups excluding tert-OH is 1. The van der Waals surface area contributed by atoms with Crippen LogP contribution in [0.2, 0.25) is 4.34 Å². The van der Waals surface area contributed by atoms with E-state index in [2.05, 4.69) is 0 Å². The molecule has 0 spiro atoms. The molecule has 0 saturated heterocycles. The van der Waals surface area contributed by atoms with Crippen LogP contribution in [0.5, 0.6) is 0 Å². The first-order valence-corrected chi connectivity index (χ1v) is 6.54. The van der Waals surface area contributed by atoms with Gasteiger partial charge in [0.2, 0.25) is 0 Å². The molecule has 0 fully saturated rings. The zero-order chi connectivity index (χ0) is 10.1. The second kappa shape index (κ2) is 4.11. The summed E-state index contributed by atoms with van der Waals surface area (Å²) < 4.78 is 1.97. The van der Waals surface area contributed by atoms with Crippen molar-refractivity contribution >= 4 is 44.8 Å². The highest BCUT2D eigenvalue weighted by Gasteiger charge is 2.08. The first-order valence-electron chi connectivity index (χ1n) is 4.12. The van der Waals surface area contributed by atoms with Crippen molar-refractivity contribution in [3.8, 4) is 0 Å². The lowest BCUT2D eigenvalue weighted by molar-refractivity contribution is 0.279. The second-order valence-electron chi connectivity index (χ2n) is 2.88. The summed E-state index contributed by atoms with van der Waals surface area (Å²) >= 11 is 9.18. The zero-order valence-electron chi connectivity index (χ0n) is 7.58. The molecule has 0 unspecified atom stereocenters. The molecule has 0 aliphatic rings. The molecule has 0 atom stereocenters. The number of hydrogen-bond acceptors (Lipinski definition) is 3. The molecule has 0 saturated carbocycles. The number of halogens is 1. The summed E-state index contributed by atoms with van der Waals surface area (Å²) in [4.78, 5) is 1.14. The van der Waals surface area contributed by atoms with Gasteiger partial charge in [0.25, 0.3) is 0 Å². The van der Waals surface area contributed by atoms with Gasteiger partial charge in [-0.1, -0.05) is 23.7 Å². The lowest BCUT2D eigenvalue weighted by Crippen LogP contribution is -1.86. The summed E-state index contributed by atoms with van der Waals surface area (Å²) in [7, 11) is 0. The average Bonchev–Trinajstić information content (AvgIpc) is 2.56. The molecule has 2 rings (SSSR count). The Morgan fingerprint density at radius 3 is 2.93 bits per heavy atom. The molecule has 1 heterocycles. The van der Waals surface area contributed by atoms with Gasteiger partial charge in [-0.05, 0) is 23.3 Å². The maximum atomic E-state index is 9.17. The number of hydrogen-bond donors (Lipinski definition) is 1. The van der Waals surface area contributed by atoms with Crippen LogP contribution in [0.15, 0.2) is 23.1 Å². The molecule has 1 N–H and O–H groups in total.